The smallest absolute Gasteiger partial charge is 0.00438 e. The first kappa shape index (κ1) is 10.0. The lowest BCUT2D eigenvalue weighted by Crippen LogP contribution is -2.42. The molecule has 2 atom stereocenters. The number of hydrogen-bond acceptors (Lipinski definition) is 1. The fraction of sp³-hybridized carbons (Fsp3) is 1.00. The molecule has 1 nitrogen and oxygen atoms in total. The number of rotatable bonds is 2. The summed E-state index contributed by atoms with van der Waals surface area (Å²) in [6, 6.07) is 1.47. The van der Waals surface area contributed by atoms with Gasteiger partial charge >= 0.3 is 0 Å². The molecule has 1 aliphatic rings. The second kappa shape index (κ2) is 4.27. The van der Waals surface area contributed by atoms with Crippen LogP contribution < -0.4 is 5.32 Å². The fourth-order valence-electron chi connectivity index (χ4n) is 2.58. The molecule has 72 valence electrons. The van der Waals surface area contributed by atoms with Gasteiger partial charge in [0.2, 0.25) is 0 Å². The van der Waals surface area contributed by atoms with Gasteiger partial charge in [-0.05, 0) is 44.9 Å². The molecule has 2 unspecified atom stereocenters. The van der Waals surface area contributed by atoms with Gasteiger partial charge in [-0.2, -0.15) is 0 Å². The molecule has 0 aliphatic carbocycles. The summed E-state index contributed by atoms with van der Waals surface area (Å²) in [5.74, 6) is 1.84. The second-order valence-electron chi connectivity index (χ2n) is 4.94. The SMILES string of the molecule is CC(C)CC1CC(C)NC(C)C1. The standard InChI is InChI=1S/C11H23N/c1-8(2)5-11-6-9(3)12-10(4)7-11/h8-12H,5-7H2,1-4H3. The largest absolute Gasteiger partial charge is 0.312 e. The third-order valence-corrected chi connectivity index (χ3v) is 2.75. The average Bonchev–Trinajstić information content (AvgIpc) is 1.81. The van der Waals surface area contributed by atoms with Gasteiger partial charge in [0.1, 0.15) is 0 Å². The molecule has 0 aromatic heterocycles. The zero-order valence-electron chi connectivity index (χ0n) is 8.93. The Morgan fingerprint density at radius 1 is 1.17 bits per heavy atom. The van der Waals surface area contributed by atoms with Crippen molar-refractivity contribution in [3.63, 3.8) is 0 Å². The van der Waals surface area contributed by atoms with E-state index >= 15 is 0 Å². The van der Waals surface area contributed by atoms with Crippen LogP contribution in [0.5, 0.6) is 0 Å². The number of piperidine rings is 1. The Bertz CT molecular complexity index is 118. The van der Waals surface area contributed by atoms with Crippen LogP contribution in [0.1, 0.15) is 47.0 Å². The summed E-state index contributed by atoms with van der Waals surface area (Å²) in [4.78, 5) is 0. The highest BCUT2D eigenvalue weighted by Gasteiger charge is 2.23. The molecule has 0 saturated carbocycles. The summed E-state index contributed by atoms with van der Waals surface area (Å²) in [6.07, 6.45) is 4.17. The summed E-state index contributed by atoms with van der Waals surface area (Å²) < 4.78 is 0. The Morgan fingerprint density at radius 3 is 2.08 bits per heavy atom. The molecule has 0 aromatic rings. The van der Waals surface area contributed by atoms with Gasteiger partial charge in [-0.25, -0.2) is 0 Å². The van der Waals surface area contributed by atoms with Gasteiger partial charge in [-0.1, -0.05) is 13.8 Å². The van der Waals surface area contributed by atoms with E-state index < -0.39 is 0 Å². The van der Waals surface area contributed by atoms with Crippen molar-refractivity contribution in [3.05, 3.63) is 0 Å². The van der Waals surface area contributed by atoms with Crippen LogP contribution in [0, 0.1) is 11.8 Å². The van der Waals surface area contributed by atoms with E-state index in [0.29, 0.717) is 0 Å². The van der Waals surface area contributed by atoms with E-state index in [-0.39, 0.29) is 0 Å². The third kappa shape index (κ3) is 3.14. The van der Waals surface area contributed by atoms with E-state index in [4.69, 9.17) is 0 Å². The van der Waals surface area contributed by atoms with Gasteiger partial charge in [0.05, 0.1) is 0 Å². The van der Waals surface area contributed by atoms with E-state index in [1.54, 1.807) is 0 Å². The van der Waals surface area contributed by atoms with Crippen molar-refractivity contribution in [2.24, 2.45) is 11.8 Å². The zero-order chi connectivity index (χ0) is 9.14. The van der Waals surface area contributed by atoms with Gasteiger partial charge in [-0.15, -0.1) is 0 Å². The Hall–Kier alpha value is -0.0400. The van der Waals surface area contributed by atoms with Gasteiger partial charge in [0.25, 0.3) is 0 Å². The summed E-state index contributed by atoms with van der Waals surface area (Å²) >= 11 is 0. The summed E-state index contributed by atoms with van der Waals surface area (Å²) in [5.41, 5.74) is 0. The van der Waals surface area contributed by atoms with E-state index in [9.17, 15) is 0 Å². The monoisotopic (exact) mass is 169 g/mol. The van der Waals surface area contributed by atoms with Gasteiger partial charge in [0, 0.05) is 12.1 Å². The van der Waals surface area contributed by atoms with E-state index in [1.165, 1.54) is 19.3 Å². The van der Waals surface area contributed by atoms with Crippen molar-refractivity contribution in [2.75, 3.05) is 0 Å². The van der Waals surface area contributed by atoms with Crippen molar-refractivity contribution < 1.29 is 0 Å². The van der Waals surface area contributed by atoms with Gasteiger partial charge in [0.15, 0.2) is 0 Å². The molecule has 1 saturated heterocycles. The highest BCUT2D eigenvalue weighted by molar-refractivity contribution is 4.80. The minimum Gasteiger partial charge on any atom is -0.312 e. The van der Waals surface area contributed by atoms with Crippen LogP contribution in [0.4, 0.5) is 0 Å². The molecule has 0 spiro atoms. The molecule has 0 radical (unpaired) electrons. The molecular weight excluding hydrogens is 146 g/mol. The second-order valence-corrected chi connectivity index (χ2v) is 4.94. The van der Waals surface area contributed by atoms with Crippen LogP contribution in [-0.4, -0.2) is 12.1 Å². The molecule has 1 heterocycles. The Morgan fingerprint density at radius 2 is 1.67 bits per heavy atom. The van der Waals surface area contributed by atoms with E-state index in [1.807, 2.05) is 0 Å². The normalized spacial score (nSPS) is 37.2. The minimum absolute atomic E-state index is 0.734. The van der Waals surface area contributed by atoms with Crippen molar-refractivity contribution in [3.8, 4) is 0 Å². The van der Waals surface area contributed by atoms with Crippen LogP contribution >= 0.6 is 0 Å². The van der Waals surface area contributed by atoms with Gasteiger partial charge in [-0.3, -0.25) is 0 Å². The molecule has 12 heavy (non-hydrogen) atoms. The average molecular weight is 169 g/mol. The summed E-state index contributed by atoms with van der Waals surface area (Å²) in [6.45, 7) is 9.28. The van der Waals surface area contributed by atoms with E-state index in [2.05, 4.69) is 33.0 Å². The third-order valence-electron chi connectivity index (χ3n) is 2.75. The maximum absolute atomic E-state index is 3.58. The van der Waals surface area contributed by atoms with E-state index in [0.717, 1.165) is 23.9 Å². The summed E-state index contributed by atoms with van der Waals surface area (Å²) in [7, 11) is 0. The fourth-order valence-corrected chi connectivity index (χ4v) is 2.58. The molecular formula is C11H23N. The first-order valence-corrected chi connectivity index (χ1v) is 5.34. The van der Waals surface area contributed by atoms with Crippen molar-refractivity contribution in [1.29, 1.82) is 0 Å². The Labute approximate surface area is 76.9 Å². The van der Waals surface area contributed by atoms with Crippen LogP contribution in [0.25, 0.3) is 0 Å². The molecule has 1 fully saturated rings. The maximum Gasteiger partial charge on any atom is 0.00438 e. The molecule has 1 rings (SSSR count). The molecule has 1 N–H and O–H groups in total. The predicted octanol–water partition coefficient (Wildman–Crippen LogP) is 2.81. The topological polar surface area (TPSA) is 12.0 Å². The first-order valence-electron chi connectivity index (χ1n) is 5.34. The lowest BCUT2D eigenvalue weighted by atomic mass is 9.83. The van der Waals surface area contributed by atoms with Crippen LogP contribution in [0.3, 0.4) is 0 Å². The Kier molecular flexibility index (Phi) is 3.57. The maximum atomic E-state index is 3.58. The number of nitrogens with one attached hydrogen (secondary N) is 1. The molecule has 0 aromatic carbocycles. The molecule has 0 amide bonds. The van der Waals surface area contributed by atoms with Crippen LogP contribution in [0.15, 0.2) is 0 Å². The van der Waals surface area contributed by atoms with Crippen molar-refractivity contribution in [2.45, 2.75) is 59.0 Å². The Balaban J connectivity index is 2.34. The summed E-state index contributed by atoms with van der Waals surface area (Å²) in [5, 5.41) is 3.58. The highest BCUT2D eigenvalue weighted by atomic mass is 14.9. The van der Waals surface area contributed by atoms with Crippen molar-refractivity contribution >= 4 is 0 Å². The zero-order valence-corrected chi connectivity index (χ0v) is 8.93. The predicted molar refractivity (Wildman–Crippen MR) is 54.2 cm³/mol. The van der Waals surface area contributed by atoms with Crippen LogP contribution in [0.2, 0.25) is 0 Å². The lowest BCUT2D eigenvalue weighted by Gasteiger charge is -2.33. The highest BCUT2D eigenvalue weighted by Crippen LogP contribution is 2.25. The number of hydrogen-bond donors (Lipinski definition) is 1. The lowest BCUT2D eigenvalue weighted by molar-refractivity contribution is 0.234. The van der Waals surface area contributed by atoms with Crippen LogP contribution in [-0.2, 0) is 0 Å². The molecule has 1 aliphatic heterocycles. The quantitative estimate of drug-likeness (QED) is 0.670. The minimum atomic E-state index is 0.734. The van der Waals surface area contributed by atoms with Crippen molar-refractivity contribution in [1.82, 2.24) is 5.32 Å². The molecule has 0 bridgehead atoms. The molecule has 1 heteroatoms. The first-order chi connectivity index (χ1) is 5.58. The van der Waals surface area contributed by atoms with Gasteiger partial charge < -0.3 is 5.32 Å².